The Hall–Kier alpha value is -0.610. The fourth-order valence-corrected chi connectivity index (χ4v) is 2.36. The van der Waals surface area contributed by atoms with Crippen LogP contribution in [0.4, 0.5) is 0 Å². The van der Waals surface area contributed by atoms with Crippen molar-refractivity contribution in [2.75, 3.05) is 13.1 Å². The fourth-order valence-electron chi connectivity index (χ4n) is 2.36. The van der Waals surface area contributed by atoms with Crippen molar-refractivity contribution in [3.05, 3.63) is 0 Å². The molecule has 0 saturated carbocycles. The molecule has 2 fully saturated rings. The number of carbonyl (C=O) groups excluding carboxylic acids is 1. The van der Waals surface area contributed by atoms with E-state index in [0.29, 0.717) is 18.5 Å². The summed E-state index contributed by atoms with van der Waals surface area (Å²) in [6.07, 6.45) is 2.91. The molecule has 0 aliphatic carbocycles. The smallest absolute Gasteiger partial charge is 0.222 e. The van der Waals surface area contributed by atoms with Crippen molar-refractivity contribution in [3.8, 4) is 0 Å². The van der Waals surface area contributed by atoms with Crippen molar-refractivity contribution in [2.45, 2.75) is 38.3 Å². The summed E-state index contributed by atoms with van der Waals surface area (Å²) in [4.78, 5) is 13.4. The number of piperazine rings is 1. The lowest BCUT2D eigenvalue weighted by molar-refractivity contribution is -0.134. The van der Waals surface area contributed by atoms with E-state index >= 15 is 0 Å². The van der Waals surface area contributed by atoms with Crippen LogP contribution in [0.2, 0.25) is 0 Å². The number of likely N-dealkylation sites (tertiary alicyclic amines) is 1. The van der Waals surface area contributed by atoms with Gasteiger partial charge in [0.25, 0.3) is 0 Å². The molecule has 2 rings (SSSR count). The van der Waals surface area contributed by atoms with Crippen LogP contribution >= 0.6 is 0 Å². The van der Waals surface area contributed by atoms with E-state index in [9.17, 15) is 4.79 Å². The second-order valence-corrected chi connectivity index (χ2v) is 3.98. The lowest BCUT2D eigenvalue weighted by atomic mass is 10.2. The molecule has 0 aromatic heterocycles. The standard InChI is InChI=1S/C9H17N3O/c1-2-9(13)11-5-7-3-4-8(6-11)12(7)10/h7-8H,2-6,10H2,1H3/t7-,8+. The van der Waals surface area contributed by atoms with Crippen molar-refractivity contribution >= 4 is 5.91 Å². The summed E-state index contributed by atoms with van der Waals surface area (Å²) in [5, 5.41) is 1.94. The average molecular weight is 183 g/mol. The number of nitrogens with two attached hydrogens (primary N) is 1. The number of hydrogen-bond acceptors (Lipinski definition) is 3. The molecule has 2 N–H and O–H groups in total. The molecule has 0 radical (unpaired) electrons. The highest BCUT2D eigenvalue weighted by atomic mass is 16.2. The molecule has 1 amide bonds. The van der Waals surface area contributed by atoms with Gasteiger partial charge in [-0.05, 0) is 12.8 Å². The van der Waals surface area contributed by atoms with Crippen LogP contribution in [0.15, 0.2) is 0 Å². The van der Waals surface area contributed by atoms with Crippen molar-refractivity contribution in [2.24, 2.45) is 5.84 Å². The molecule has 2 heterocycles. The van der Waals surface area contributed by atoms with Crippen LogP contribution in [-0.2, 0) is 4.79 Å². The van der Waals surface area contributed by atoms with E-state index < -0.39 is 0 Å². The normalized spacial score (nSPS) is 33.8. The van der Waals surface area contributed by atoms with E-state index in [1.165, 1.54) is 0 Å². The van der Waals surface area contributed by atoms with Crippen molar-refractivity contribution in [1.29, 1.82) is 0 Å². The molecular formula is C9H17N3O. The third-order valence-electron chi connectivity index (χ3n) is 3.19. The van der Waals surface area contributed by atoms with E-state index in [1.807, 2.05) is 16.8 Å². The number of rotatable bonds is 1. The second kappa shape index (κ2) is 3.27. The molecule has 4 heteroatoms. The van der Waals surface area contributed by atoms with Gasteiger partial charge in [0, 0.05) is 31.6 Å². The first-order valence-corrected chi connectivity index (χ1v) is 5.03. The van der Waals surface area contributed by atoms with Crippen molar-refractivity contribution in [3.63, 3.8) is 0 Å². The second-order valence-electron chi connectivity index (χ2n) is 3.98. The van der Waals surface area contributed by atoms with E-state index in [4.69, 9.17) is 5.84 Å². The van der Waals surface area contributed by atoms with Crippen LogP contribution in [0.25, 0.3) is 0 Å². The zero-order chi connectivity index (χ0) is 9.42. The highest BCUT2D eigenvalue weighted by Gasteiger charge is 2.39. The Morgan fingerprint density at radius 3 is 2.38 bits per heavy atom. The predicted octanol–water partition coefficient (Wildman–Crippen LogP) is -0.0547. The highest BCUT2D eigenvalue weighted by molar-refractivity contribution is 5.76. The molecule has 2 atom stereocenters. The predicted molar refractivity (Wildman–Crippen MR) is 49.7 cm³/mol. The van der Waals surface area contributed by atoms with Gasteiger partial charge in [0.1, 0.15) is 0 Å². The summed E-state index contributed by atoms with van der Waals surface area (Å²) in [5.74, 6) is 6.15. The van der Waals surface area contributed by atoms with E-state index in [2.05, 4.69) is 0 Å². The Morgan fingerprint density at radius 2 is 1.92 bits per heavy atom. The fraction of sp³-hybridized carbons (Fsp3) is 0.889. The van der Waals surface area contributed by atoms with Gasteiger partial charge in [-0.25, -0.2) is 5.01 Å². The summed E-state index contributed by atoms with van der Waals surface area (Å²) in [5.41, 5.74) is 0. The summed E-state index contributed by atoms with van der Waals surface area (Å²) in [6.45, 7) is 3.58. The monoisotopic (exact) mass is 183 g/mol. The maximum atomic E-state index is 11.5. The molecule has 2 saturated heterocycles. The summed E-state index contributed by atoms with van der Waals surface area (Å²) >= 11 is 0. The lowest BCUT2D eigenvalue weighted by Gasteiger charge is -2.38. The summed E-state index contributed by atoms with van der Waals surface area (Å²) in [6, 6.07) is 0.823. The quantitative estimate of drug-likeness (QED) is 0.580. The number of nitrogens with zero attached hydrogens (tertiary/aromatic N) is 2. The van der Waals surface area contributed by atoms with E-state index in [0.717, 1.165) is 25.9 Å². The molecule has 2 aliphatic heterocycles. The molecule has 0 spiro atoms. The molecular weight excluding hydrogens is 166 g/mol. The molecule has 2 bridgehead atoms. The third-order valence-corrected chi connectivity index (χ3v) is 3.19. The first-order chi connectivity index (χ1) is 6.22. The van der Waals surface area contributed by atoms with Crippen LogP contribution < -0.4 is 5.84 Å². The Kier molecular flexibility index (Phi) is 2.26. The van der Waals surface area contributed by atoms with Gasteiger partial charge < -0.3 is 4.90 Å². The number of carbonyl (C=O) groups is 1. The van der Waals surface area contributed by atoms with Gasteiger partial charge in [-0.3, -0.25) is 10.6 Å². The zero-order valence-electron chi connectivity index (χ0n) is 8.07. The molecule has 4 nitrogen and oxygen atoms in total. The average Bonchev–Trinajstić information content (AvgIpc) is 2.42. The maximum Gasteiger partial charge on any atom is 0.222 e. The maximum absolute atomic E-state index is 11.5. The SMILES string of the molecule is CCC(=O)N1C[C@H]2CC[C@@H](C1)N2N. The van der Waals surface area contributed by atoms with Gasteiger partial charge in [0.2, 0.25) is 5.91 Å². The van der Waals surface area contributed by atoms with E-state index in [1.54, 1.807) is 0 Å². The minimum atomic E-state index is 0.269. The summed E-state index contributed by atoms with van der Waals surface area (Å²) in [7, 11) is 0. The Bertz CT molecular complexity index is 205. The number of hydrogen-bond donors (Lipinski definition) is 1. The number of fused-ring (bicyclic) bond motifs is 2. The minimum Gasteiger partial charge on any atom is -0.339 e. The molecule has 0 aromatic carbocycles. The molecule has 0 aromatic rings. The van der Waals surface area contributed by atoms with Gasteiger partial charge >= 0.3 is 0 Å². The molecule has 2 aliphatic rings. The third kappa shape index (κ3) is 1.44. The van der Waals surface area contributed by atoms with E-state index in [-0.39, 0.29) is 5.91 Å². The molecule has 0 unspecified atom stereocenters. The van der Waals surface area contributed by atoms with Crippen LogP contribution in [-0.4, -0.2) is 41.0 Å². The Balaban J connectivity index is 2.02. The first-order valence-electron chi connectivity index (χ1n) is 5.03. The Labute approximate surface area is 78.6 Å². The van der Waals surface area contributed by atoms with Crippen LogP contribution in [0.5, 0.6) is 0 Å². The van der Waals surface area contributed by atoms with Crippen LogP contribution in [0.1, 0.15) is 26.2 Å². The van der Waals surface area contributed by atoms with Crippen LogP contribution in [0, 0.1) is 0 Å². The molecule has 74 valence electrons. The van der Waals surface area contributed by atoms with Crippen molar-refractivity contribution < 1.29 is 4.79 Å². The minimum absolute atomic E-state index is 0.269. The van der Waals surface area contributed by atoms with Gasteiger partial charge in [0.05, 0.1) is 0 Å². The van der Waals surface area contributed by atoms with Crippen LogP contribution in [0.3, 0.4) is 0 Å². The van der Waals surface area contributed by atoms with Gasteiger partial charge in [0.15, 0.2) is 0 Å². The number of hydrazine groups is 1. The first kappa shape index (κ1) is 8.97. The van der Waals surface area contributed by atoms with Crippen molar-refractivity contribution in [1.82, 2.24) is 9.91 Å². The molecule has 13 heavy (non-hydrogen) atoms. The van der Waals surface area contributed by atoms with Gasteiger partial charge in [-0.15, -0.1) is 0 Å². The Morgan fingerprint density at radius 1 is 1.38 bits per heavy atom. The highest BCUT2D eigenvalue weighted by Crippen LogP contribution is 2.26. The largest absolute Gasteiger partial charge is 0.339 e. The van der Waals surface area contributed by atoms with Gasteiger partial charge in [-0.2, -0.15) is 0 Å². The van der Waals surface area contributed by atoms with Gasteiger partial charge in [-0.1, -0.05) is 6.92 Å². The summed E-state index contributed by atoms with van der Waals surface area (Å²) < 4.78 is 0. The zero-order valence-corrected chi connectivity index (χ0v) is 8.07. The number of amides is 1. The topological polar surface area (TPSA) is 49.6 Å². The lowest BCUT2D eigenvalue weighted by Crippen LogP contribution is -2.57.